The number of amides is 1. The van der Waals surface area contributed by atoms with E-state index in [-0.39, 0.29) is 24.7 Å². The van der Waals surface area contributed by atoms with Crippen LogP contribution in [0.3, 0.4) is 0 Å². The topological polar surface area (TPSA) is 59.0 Å². The number of nitrogens with zero attached hydrogens (tertiary/aromatic N) is 1. The highest BCUT2D eigenvalue weighted by Crippen LogP contribution is 2.32. The first-order valence-electron chi connectivity index (χ1n) is 12.3. The number of aliphatic hydroxyl groups is 1. The standard InChI is InChI=1S/C30H35NO4/c1-30(2,3)35-29(33)31-17-16-27(25-14-10-22(11-15-25)7-6-18-32)28(20-31)34-21-23-12-13-24-8-4-5-9-26(24)19-23/h4-15,19,27-28,32H,16-18,20-21H2,1-3H3/b7-6+. The van der Waals surface area contributed by atoms with Crippen molar-refractivity contribution in [3.05, 3.63) is 89.5 Å². The summed E-state index contributed by atoms with van der Waals surface area (Å²) in [6, 6.07) is 23.1. The molecular weight excluding hydrogens is 438 g/mol. The number of benzene rings is 3. The number of rotatable bonds is 6. The quantitative estimate of drug-likeness (QED) is 0.466. The molecule has 0 spiro atoms. The van der Waals surface area contributed by atoms with Crippen LogP contribution in [-0.2, 0) is 16.1 Å². The first-order valence-corrected chi connectivity index (χ1v) is 12.3. The first kappa shape index (κ1) is 25.0. The second-order valence-electron chi connectivity index (χ2n) is 10.1. The lowest BCUT2D eigenvalue weighted by molar-refractivity contribution is -0.0359. The van der Waals surface area contributed by atoms with Gasteiger partial charge in [0.05, 0.1) is 25.9 Å². The summed E-state index contributed by atoms with van der Waals surface area (Å²) in [5.41, 5.74) is 2.82. The van der Waals surface area contributed by atoms with Gasteiger partial charge in [-0.15, -0.1) is 0 Å². The minimum Gasteiger partial charge on any atom is -0.444 e. The Morgan fingerprint density at radius 1 is 1.06 bits per heavy atom. The lowest BCUT2D eigenvalue weighted by Crippen LogP contribution is -2.48. The van der Waals surface area contributed by atoms with Crippen LogP contribution < -0.4 is 0 Å². The van der Waals surface area contributed by atoms with Crippen molar-refractivity contribution >= 4 is 22.9 Å². The van der Waals surface area contributed by atoms with Crippen molar-refractivity contribution in [3.63, 3.8) is 0 Å². The van der Waals surface area contributed by atoms with Gasteiger partial charge in [-0.2, -0.15) is 0 Å². The van der Waals surface area contributed by atoms with E-state index in [9.17, 15) is 4.79 Å². The number of likely N-dealkylation sites (tertiary alicyclic amines) is 1. The molecular formula is C30H35NO4. The van der Waals surface area contributed by atoms with Crippen molar-refractivity contribution in [2.75, 3.05) is 19.7 Å². The second-order valence-corrected chi connectivity index (χ2v) is 10.1. The van der Waals surface area contributed by atoms with Crippen LogP contribution in [0.1, 0.15) is 49.8 Å². The molecule has 4 rings (SSSR count). The summed E-state index contributed by atoms with van der Waals surface area (Å²) >= 11 is 0. The Labute approximate surface area is 208 Å². The van der Waals surface area contributed by atoms with E-state index in [1.807, 2.05) is 39.0 Å². The summed E-state index contributed by atoms with van der Waals surface area (Å²) in [4.78, 5) is 14.6. The Kier molecular flexibility index (Phi) is 7.89. The van der Waals surface area contributed by atoms with E-state index >= 15 is 0 Å². The molecule has 1 fully saturated rings. The maximum Gasteiger partial charge on any atom is 0.410 e. The van der Waals surface area contributed by atoms with Crippen LogP contribution in [0.4, 0.5) is 4.79 Å². The number of carbonyl (C=O) groups is 1. The van der Waals surface area contributed by atoms with E-state index in [0.29, 0.717) is 19.7 Å². The molecule has 0 aromatic heterocycles. The summed E-state index contributed by atoms with van der Waals surface area (Å²) in [5, 5.41) is 11.4. The van der Waals surface area contributed by atoms with Gasteiger partial charge < -0.3 is 19.5 Å². The molecule has 0 aliphatic carbocycles. The van der Waals surface area contributed by atoms with Crippen molar-refractivity contribution in [1.82, 2.24) is 4.90 Å². The largest absolute Gasteiger partial charge is 0.444 e. The van der Waals surface area contributed by atoms with E-state index in [2.05, 4.69) is 54.6 Å². The van der Waals surface area contributed by atoms with Crippen molar-refractivity contribution < 1.29 is 19.4 Å². The van der Waals surface area contributed by atoms with Gasteiger partial charge >= 0.3 is 6.09 Å². The zero-order valence-corrected chi connectivity index (χ0v) is 20.8. The molecule has 1 aliphatic heterocycles. The van der Waals surface area contributed by atoms with E-state index in [4.69, 9.17) is 14.6 Å². The third-order valence-electron chi connectivity index (χ3n) is 6.27. The maximum atomic E-state index is 12.8. The summed E-state index contributed by atoms with van der Waals surface area (Å²) in [6.07, 6.45) is 3.99. The molecule has 0 bridgehead atoms. The predicted octanol–water partition coefficient (Wildman–Crippen LogP) is 6.16. The van der Waals surface area contributed by atoms with Gasteiger partial charge in [-0.1, -0.05) is 72.8 Å². The van der Waals surface area contributed by atoms with Crippen LogP contribution in [0.15, 0.2) is 72.8 Å². The number of piperidine rings is 1. The fraction of sp³-hybridized carbons (Fsp3) is 0.367. The van der Waals surface area contributed by atoms with Crippen LogP contribution in [0, 0.1) is 0 Å². The van der Waals surface area contributed by atoms with Gasteiger partial charge in [0.2, 0.25) is 0 Å². The second kappa shape index (κ2) is 11.1. The van der Waals surface area contributed by atoms with Crippen molar-refractivity contribution in [2.45, 2.75) is 51.4 Å². The normalized spacial score (nSPS) is 18.8. The fourth-order valence-corrected chi connectivity index (χ4v) is 4.53. The SMILES string of the molecule is CC(C)(C)OC(=O)N1CCC(c2ccc(/C=C/CO)cc2)C(OCc2ccc3ccccc3c2)C1. The molecule has 5 heteroatoms. The third-order valence-corrected chi connectivity index (χ3v) is 6.27. The Balaban J connectivity index is 1.52. The highest BCUT2D eigenvalue weighted by Gasteiger charge is 2.35. The van der Waals surface area contributed by atoms with E-state index in [1.54, 1.807) is 11.0 Å². The third kappa shape index (κ3) is 6.71. The molecule has 35 heavy (non-hydrogen) atoms. The molecule has 2 atom stereocenters. The molecule has 1 heterocycles. The van der Waals surface area contributed by atoms with Crippen LogP contribution in [0.2, 0.25) is 0 Å². The summed E-state index contributed by atoms with van der Waals surface area (Å²) in [7, 11) is 0. The molecule has 5 nitrogen and oxygen atoms in total. The van der Waals surface area contributed by atoms with E-state index < -0.39 is 5.60 Å². The Bertz CT molecular complexity index is 1160. The monoisotopic (exact) mass is 473 g/mol. The molecule has 184 valence electrons. The number of hydrogen-bond acceptors (Lipinski definition) is 4. The summed E-state index contributed by atoms with van der Waals surface area (Å²) in [5.74, 6) is 0.171. The predicted molar refractivity (Wildman–Crippen MR) is 140 cm³/mol. The van der Waals surface area contributed by atoms with Crippen molar-refractivity contribution in [3.8, 4) is 0 Å². The first-order chi connectivity index (χ1) is 16.8. The smallest absolute Gasteiger partial charge is 0.410 e. The fourth-order valence-electron chi connectivity index (χ4n) is 4.53. The minimum absolute atomic E-state index is 0.0234. The molecule has 2 unspecified atom stereocenters. The van der Waals surface area contributed by atoms with E-state index in [1.165, 1.54) is 16.3 Å². The zero-order chi connectivity index (χ0) is 24.8. The Morgan fingerprint density at radius 2 is 1.80 bits per heavy atom. The van der Waals surface area contributed by atoms with Gasteiger partial charge in [-0.3, -0.25) is 0 Å². The summed E-state index contributed by atoms with van der Waals surface area (Å²) < 4.78 is 12.1. The Morgan fingerprint density at radius 3 is 2.51 bits per heavy atom. The van der Waals surface area contributed by atoms with Gasteiger partial charge in [-0.25, -0.2) is 4.79 Å². The van der Waals surface area contributed by atoms with Gasteiger partial charge in [0.25, 0.3) is 0 Å². The van der Waals surface area contributed by atoms with Gasteiger partial charge in [-0.05, 0) is 60.7 Å². The van der Waals surface area contributed by atoms with Gasteiger partial charge in [0.1, 0.15) is 5.60 Å². The van der Waals surface area contributed by atoms with Crippen LogP contribution >= 0.6 is 0 Å². The molecule has 1 saturated heterocycles. The van der Waals surface area contributed by atoms with Gasteiger partial charge in [0, 0.05) is 12.5 Å². The highest BCUT2D eigenvalue weighted by atomic mass is 16.6. The maximum absolute atomic E-state index is 12.8. The molecule has 1 amide bonds. The Hall–Kier alpha value is -3.15. The zero-order valence-electron chi connectivity index (χ0n) is 20.8. The van der Waals surface area contributed by atoms with E-state index in [0.717, 1.165) is 17.5 Å². The average molecular weight is 474 g/mol. The number of fused-ring (bicyclic) bond motifs is 1. The number of ether oxygens (including phenoxy) is 2. The number of carbonyl (C=O) groups excluding carboxylic acids is 1. The molecule has 0 saturated carbocycles. The lowest BCUT2D eigenvalue weighted by atomic mass is 9.86. The molecule has 1 N–H and O–H groups in total. The number of hydrogen-bond donors (Lipinski definition) is 1. The van der Waals surface area contributed by atoms with Crippen molar-refractivity contribution in [1.29, 1.82) is 0 Å². The molecule has 1 aliphatic rings. The van der Waals surface area contributed by atoms with Gasteiger partial charge in [0.15, 0.2) is 0 Å². The highest BCUT2D eigenvalue weighted by molar-refractivity contribution is 5.82. The van der Waals surface area contributed by atoms with Crippen molar-refractivity contribution in [2.24, 2.45) is 0 Å². The number of aliphatic hydroxyl groups excluding tert-OH is 1. The van der Waals surface area contributed by atoms with Crippen LogP contribution in [0.25, 0.3) is 16.8 Å². The van der Waals surface area contributed by atoms with Crippen LogP contribution in [-0.4, -0.2) is 47.5 Å². The average Bonchev–Trinajstić information content (AvgIpc) is 2.85. The minimum atomic E-state index is -0.534. The molecule has 3 aromatic rings. The molecule has 3 aromatic carbocycles. The molecule has 0 radical (unpaired) electrons. The van der Waals surface area contributed by atoms with Crippen LogP contribution in [0.5, 0.6) is 0 Å². The lowest BCUT2D eigenvalue weighted by Gasteiger charge is -2.39. The summed E-state index contributed by atoms with van der Waals surface area (Å²) in [6.45, 7) is 7.27.